The number of ether oxygens (including phenoxy) is 1. The third-order valence-electron chi connectivity index (χ3n) is 3.61. The van der Waals surface area contributed by atoms with Crippen LogP contribution in [-0.2, 0) is 14.8 Å². The van der Waals surface area contributed by atoms with Gasteiger partial charge in [-0.25, -0.2) is 23.3 Å². The van der Waals surface area contributed by atoms with Crippen LogP contribution >= 0.6 is 0 Å². The predicted octanol–water partition coefficient (Wildman–Crippen LogP) is 1.17. The summed E-state index contributed by atoms with van der Waals surface area (Å²) in [6, 6.07) is 2.84. The van der Waals surface area contributed by atoms with Crippen molar-refractivity contribution in [3.05, 3.63) is 18.3 Å². The smallest absolute Gasteiger partial charge is 0.410 e. The molecule has 2 N–H and O–H groups in total. The molecule has 1 aliphatic heterocycles. The van der Waals surface area contributed by atoms with Crippen molar-refractivity contribution in [3.63, 3.8) is 0 Å². The van der Waals surface area contributed by atoms with Crippen molar-refractivity contribution in [2.24, 2.45) is 5.14 Å². The van der Waals surface area contributed by atoms with Crippen molar-refractivity contribution in [2.45, 2.75) is 44.2 Å². The average Bonchev–Trinajstić information content (AvgIpc) is 2.44. The molecule has 1 aromatic heterocycles. The van der Waals surface area contributed by atoms with Crippen molar-refractivity contribution in [2.75, 3.05) is 24.5 Å². The second-order valence-electron chi connectivity index (χ2n) is 6.84. The molecule has 0 aliphatic carbocycles. The molecule has 1 atom stereocenters. The van der Waals surface area contributed by atoms with Crippen LogP contribution in [0.3, 0.4) is 0 Å². The van der Waals surface area contributed by atoms with Crippen LogP contribution in [0.25, 0.3) is 0 Å². The lowest BCUT2D eigenvalue weighted by Crippen LogP contribution is -2.55. The van der Waals surface area contributed by atoms with Gasteiger partial charge >= 0.3 is 6.09 Å². The molecule has 0 bridgehead atoms. The standard InChI is InChI=1S/C15H24N4O4S/c1-11-10-18(14(20)23-15(2,3)4)8-9-19(11)13-12(24(16,21)22)6-5-7-17-13/h5-7,11H,8-10H2,1-4H3,(H2,16,21,22)/t11-/m1/s1. The fraction of sp³-hybridized carbons (Fsp3) is 0.600. The highest BCUT2D eigenvalue weighted by Crippen LogP contribution is 2.25. The summed E-state index contributed by atoms with van der Waals surface area (Å²) in [5.74, 6) is 0.316. The number of anilines is 1. The van der Waals surface area contributed by atoms with Crippen molar-refractivity contribution < 1.29 is 17.9 Å². The summed E-state index contributed by atoms with van der Waals surface area (Å²) in [6.45, 7) is 8.62. The number of sulfonamides is 1. The van der Waals surface area contributed by atoms with Crippen LogP contribution in [0, 0.1) is 0 Å². The SMILES string of the molecule is C[C@@H]1CN(C(=O)OC(C)(C)C)CCN1c1ncccc1S(N)(=O)=O. The number of hydrogen-bond acceptors (Lipinski definition) is 6. The van der Waals surface area contributed by atoms with Gasteiger partial charge in [0.1, 0.15) is 16.3 Å². The normalized spacial score (nSPS) is 19.3. The number of amides is 1. The summed E-state index contributed by atoms with van der Waals surface area (Å²) in [7, 11) is -3.87. The number of hydrogen-bond donors (Lipinski definition) is 1. The lowest BCUT2D eigenvalue weighted by Gasteiger charge is -2.41. The Morgan fingerprint density at radius 3 is 2.58 bits per heavy atom. The Morgan fingerprint density at radius 1 is 1.38 bits per heavy atom. The summed E-state index contributed by atoms with van der Waals surface area (Å²) >= 11 is 0. The van der Waals surface area contributed by atoms with Gasteiger partial charge in [-0.2, -0.15) is 0 Å². The molecule has 0 saturated carbocycles. The number of carbonyl (C=O) groups is 1. The van der Waals surface area contributed by atoms with Gasteiger partial charge < -0.3 is 14.5 Å². The summed E-state index contributed by atoms with van der Waals surface area (Å²) in [4.78, 5) is 19.8. The van der Waals surface area contributed by atoms with Crippen LogP contribution in [-0.4, -0.2) is 55.7 Å². The Morgan fingerprint density at radius 2 is 2.04 bits per heavy atom. The molecular formula is C15H24N4O4S. The zero-order valence-electron chi connectivity index (χ0n) is 14.4. The van der Waals surface area contributed by atoms with E-state index in [1.807, 2.05) is 32.6 Å². The van der Waals surface area contributed by atoms with Gasteiger partial charge in [0, 0.05) is 31.9 Å². The molecule has 1 saturated heterocycles. The molecule has 0 unspecified atom stereocenters. The number of pyridine rings is 1. The number of nitrogens with zero attached hydrogens (tertiary/aromatic N) is 3. The van der Waals surface area contributed by atoms with E-state index < -0.39 is 15.6 Å². The molecule has 1 aromatic rings. The molecule has 0 aromatic carbocycles. The summed E-state index contributed by atoms with van der Waals surface area (Å²) in [5.41, 5.74) is -0.556. The lowest BCUT2D eigenvalue weighted by molar-refractivity contribution is 0.0218. The number of piperazine rings is 1. The van der Waals surface area contributed by atoms with Gasteiger partial charge in [-0.1, -0.05) is 0 Å². The van der Waals surface area contributed by atoms with Crippen molar-refractivity contribution in [1.29, 1.82) is 0 Å². The van der Waals surface area contributed by atoms with E-state index in [-0.39, 0.29) is 17.0 Å². The third kappa shape index (κ3) is 4.35. The molecule has 134 valence electrons. The molecule has 0 spiro atoms. The maximum atomic E-state index is 12.2. The van der Waals surface area contributed by atoms with Gasteiger partial charge in [0.15, 0.2) is 0 Å². The van der Waals surface area contributed by atoms with E-state index in [0.29, 0.717) is 25.5 Å². The van der Waals surface area contributed by atoms with Crippen LogP contribution in [0.1, 0.15) is 27.7 Å². The number of carbonyl (C=O) groups excluding carboxylic acids is 1. The van der Waals surface area contributed by atoms with Gasteiger partial charge in [0.05, 0.1) is 0 Å². The van der Waals surface area contributed by atoms with E-state index in [1.54, 1.807) is 4.90 Å². The summed E-state index contributed by atoms with van der Waals surface area (Å²) < 4.78 is 28.9. The number of primary sulfonamides is 1. The largest absolute Gasteiger partial charge is 0.444 e. The topological polar surface area (TPSA) is 106 Å². The molecule has 9 heteroatoms. The predicted molar refractivity (Wildman–Crippen MR) is 90.2 cm³/mol. The van der Waals surface area contributed by atoms with Gasteiger partial charge in [0.25, 0.3) is 0 Å². The average molecular weight is 356 g/mol. The Hall–Kier alpha value is -1.87. The van der Waals surface area contributed by atoms with Crippen LogP contribution in [0.5, 0.6) is 0 Å². The molecule has 2 rings (SSSR count). The maximum absolute atomic E-state index is 12.2. The molecule has 1 aliphatic rings. The van der Waals surface area contributed by atoms with Crippen LogP contribution < -0.4 is 10.0 Å². The van der Waals surface area contributed by atoms with Crippen LogP contribution in [0.4, 0.5) is 10.6 Å². The molecule has 2 heterocycles. The van der Waals surface area contributed by atoms with Crippen LogP contribution in [0.2, 0.25) is 0 Å². The zero-order chi connectivity index (χ0) is 18.1. The van der Waals surface area contributed by atoms with Gasteiger partial charge in [-0.3, -0.25) is 0 Å². The molecule has 24 heavy (non-hydrogen) atoms. The fourth-order valence-corrected chi connectivity index (χ4v) is 3.28. The third-order valence-corrected chi connectivity index (χ3v) is 4.54. The second-order valence-corrected chi connectivity index (χ2v) is 8.37. The quantitative estimate of drug-likeness (QED) is 0.853. The molecule has 1 amide bonds. The van der Waals surface area contributed by atoms with Gasteiger partial charge in [0.2, 0.25) is 10.0 Å². The van der Waals surface area contributed by atoms with E-state index in [4.69, 9.17) is 9.88 Å². The van der Waals surface area contributed by atoms with E-state index in [1.165, 1.54) is 18.3 Å². The Balaban J connectivity index is 2.17. The molecule has 1 fully saturated rings. The number of nitrogens with two attached hydrogens (primary N) is 1. The Kier molecular flexibility index (Phi) is 5.05. The first-order chi connectivity index (χ1) is 11.0. The first kappa shape index (κ1) is 18.5. The Bertz CT molecular complexity index is 714. The minimum atomic E-state index is -3.87. The summed E-state index contributed by atoms with van der Waals surface area (Å²) in [6.07, 6.45) is 1.15. The monoisotopic (exact) mass is 356 g/mol. The maximum Gasteiger partial charge on any atom is 0.410 e. The first-order valence-electron chi connectivity index (χ1n) is 7.71. The van der Waals surface area contributed by atoms with Gasteiger partial charge in [-0.15, -0.1) is 0 Å². The van der Waals surface area contributed by atoms with E-state index in [0.717, 1.165) is 0 Å². The van der Waals surface area contributed by atoms with E-state index in [9.17, 15) is 13.2 Å². The minimum Gasteiger partial charge on any atom is -0.444 e. The zero-order valence-corrected chi connectivity index (χ0v) is 15.2. The lowest BCUT2D eigenvalue weighted by atomic mass is 10.2. The Labute approximate surface area is 142 Å². The highest BCUT2D eigenvalue weighted by atomic mass is 32.2. The van der Waals surface area contributed by atoms with Crippen LogP contribution in [0.15, 0.2) is 23.2 Å². The van der Waals surface area contributed by atoms with Gasteiger partial charge in [-0.05, 0) is 39.8 Å². The second kappa shape index (κ2) is 6.56. The highest BCUT2D eigenvalue weighted by Gasteiger charge is 2.32. The molecular weight excluding hydrogens is 332 g/mol. The highest BCUT2D eigenvalue weighted by molar-refractivity contribution is 7.89. The van der Waals surface area contributed by atoms with Crippen molar-refractivity contribution in [3.8, 4) is 0 Å². The number of rotatable bonds is 2. The molecule has 8 nitrogen and oxygen atoms in total. The first-order valence-corrected chi connectivity index (χ1v) is 9.26. The molecule has 0 radical (unpaired) electrons. The summed E-state index contributed by atoms with van der Waals surface area (Å²) in [5, 5.41) is 5.28. The fourth-order valence-electron chi connectivity index (χ4n) is 2.58. The van der Waals surface area contributed by atoms with Crippen molar-refractivity contribution >= 4 is 21.9 Å². The van der Waals surface area contributed by atoms with E-state index in [2.05, 4.69) is 4.98 Å². The van der Waals surface area contributed by atoms with E-state index >= 15 is 0 Å². The van der Waals surface area contributed by atoms with Crippen molar-refractivity contribution in [1.82, 2.24) is 9.88 Å². The minimum absolute atomic E-state index is 0.0115. The number of aromatic nitrogens is 1.